The number of esters is 1. The van der Waals surface area contributed by atoms with Crippen LogP contribution in [0.25, 0.3) is 0 Å². The van der Waals surface area contributed by atoms with E-state index in [0.29, 0.717) is 30.6 Å². The van der Waals surface area contributed by atoms with Gasteiger partial charge in [0.25, 0.3) is 5.91 Å². The van der Waals surface area contributed by atoms with Crippen molar-refractivity contribution >= 4 is 23.5 Å². The fraction of sp³-hybridized carbons (Fsp3) is 0.370. The molecule has 1 fully saturated rings. The largest absolute Gasteiger partial charge is 0.464 e. The SMILES string of the molecule is COC(=O)c1cc(C(=O)N2CCC(N3Cc4cnc(Nc5cc(C)cc(C)c5)nc4C3)CC2)ccn1. The molecule has 0 atom stereocenters. The molecule has 36 heavy (non-hydrogen) atoms. The first-order chi connectivity index (χ1) is 17.4. The minimum Gasteiger partial charge on any atom is -0.464 e. The number of pyridine rings is 1. The second-order valence-corrected chi connectivity index (χ2v) is 9.52. The number of hydrogen-bond acceptors (Lipinski definition) is 8. The van der Waals surface area contributed by atoms with Gasteiger partial charge < -0.3 is 15.0 Å². The molecule has 1 amide bonds. The highest BCUT2D eigenvalue weighted by atomic mass is 16.5. The van der Waals surface area contributed by atoms with Crippen molar-refractivity contribution in [3.63, 3.8) is 0 Å². The molecule has 0 aliphatic carbocycles. The number of likely N-dealkylation sites (tertiary alicyclic amines) is 1. The van der Waals surface area contributed by atoms with Crippen LogP contribution in [0.3, 0.4) is 0 Å². The van der Waals surface area contributed by atoms with Gasteiger partial charge in [-0.2, -0.15) is 0 Å². The summed E-state index contributed by atoms with van der Waals surface area (Å²) in [5.41, 5.74) is 6.20. The van der Waals surface area contributed by atoms with Gasteiger partial charge in [0.15, 0.2) is 0 Å². The molecular formula is C27H30N6O3. The number of nitrogens with zero attached hydrogens (tertiary/aromatic N) is 5. The fourth-order valence-electron chi connectivity index (χ4n) is 5.07. The quantitative estimate of drug-likeness (QED) is 0.546. The van der Waals surface area contributed by atoms with Crippen molar-refractivity contribution < 1.29 is 14.3 Å². The smallest absolute Gasteiger partial charge is 0.356 e. The van der Waals surface area contributed by atoms with Crippen molar-refractivity contribution in [3.8, 4) is 0 Å². The van der Waals surface area contributed by atoms with E-state index < -0.39 is 5.97 Å². The highest BCUT2D eigenvalue weighted by Crippen LogP contribution is 2.29. The predicted molar refractivity (Wildman–Crippen MR) is 135 cm³/mol. The highest BCUT2D eigenvalue weighted by molar-refractivity contribution is 5.97. The molecule has 2 aliphatic rings. The summed E-state index contributed by atoms with van der Waals surface area (Å²) in [6, 6.07) is 9.84. The van der Waals surface area contributed by atoms with Crippen LogP contribution in [-0.4, -0.2) is 62.9 Å². The number of ether oxygens (including phenoxy) is 1. The average Bonchev–Trinajstić information content (AvgIpc) is 3.31. The van der Waals surface area contributed by atoms with Crippen LogP contribution >= 0.6 is 0 Å². The lowest BCUT2D eigenvalue weighted by molar-refractivity contribution is 0.0593. The lowest BCUT2D eigenvalue weighted by atomic mass is 10.0. The third-order valence-electron chi connectivity index (χ3n) is 6.83. The van der Waals surface area contributed by atoms with Gasteiger partial charge in [0.1, 0.15) is 5.69 Å². The van der Waals surface area contributed by atoms with Crippen LogP contribution in [0.5, 0.6) is 0 Å². The normalized spacial score (nSPS) is 16.0. The Morgan fingerprint density at radius 1 is 1.03 bits per heavy atom. The summed E-state index contributed by atoms with van der Waals surface area (Å²) in [5, 5.41) is 3.34. The van der Waals surface area contributed by atoms with Crippen LogP contribution in [0, 0.1) is 13.8 Å². The lowest BCUT2D eigenvalue weighted by Gasteiger charge is -2.36. The minimum atomic E-state index is -0.549. The second kappa shape index (κ2) is 10.0. The number of rotatable bonds is 5. The first-order valence-electron chi connectivity index (χ1n) is 12.2. The number of fused-ring (bicyclic) bond motifs is 1. The van der Waals surface area contributed by atoms with E-state index in [-0.39, 0.29) is 11.6 Å². The molecule has 186 valence electrons. The van der Waals surface area contributed by atoms with Gasteiger partial charge >= 0.3 is 5.97 Å². The van der Waals surface area contributed by atoms with E-state index in [0.717, 1.165) is 42.9 Å². The van der Waals surface area contributed by atoms with Crippen molar-refractivity contribution in [2.75, 3.05) is 25.5 Å². The summed E-state index contributed by atoms with van der Waals surface area (Å²) in [4.78, 5) is 42.4. The van der Waals surface area contributed by atoms with Gasteiger partial charge in [-0.25, -0.2) is 19.7 Å². The second-order valence-electron chi connectivity index (χ2n) is 9.52. The van der Waals surface area contributed by atoms with E-state index in [1.165, 1.54) is 30.5 Å². The molecule has 1 N–H and O–H groups in total. The number of carbonyl (C=O) groups excluding carboxylic acids is 2. The number of hydrogen-bond donors (Lipinski definition) is 1. The van der Waals surface area contributed by atoms with Crippen LogP contribution in [-0.2, 0) is 17.8 Å². The number of benzene rings is 1. The maximum absolute atomic E-state index is 13.0. The number of piperidine rings is 1. The Kier molecular flexibility index (Phi) is 6.65. The van der Waals surface area contributed by atoms with E-state index >= 15 is 0 Å². The molecule has 0 unspecified atom stereocenters. The van der Waals surface area contributed by atoms with Crippen LogP contribution < -0.4 is 5.32 Å². The summed E-state index contributed by atoms with van der Waals surface area (Å²) >= 11 is 0. The number of carbonyl (C=O) groups is 2. The molecule has 5 rings (SSSR count). The van der Waals surface area contributed by atoms with Crippen LogP contribution in [0.15, 0.2) is 42.7 Å². The number of anilines is 2. The third-order valence-corrected chi connectivity index (χ3v) is 6.83. The van der Waals surface area contributed by atoms with Crippen LogP contribution in [0.1, 0.15) is 56.1 Å². The summed E-state index contributed by atoms with van der Waals surface area (Å²) < 4.78 is 4.72. The van der Waals surface area contributed by atoms with E-state index in [1.807, 2.05) is 11.1 Å². The van der Waals surface area contributed by atoms with Crippen molar-refractivity contribution in [1.29, 1.82) is 0 Å². The Morgan fingerprint density at radius 3 is 2.50 bits per heavy atom. The van der Waals surface area contributed by atoms with Gasteiger partial charge in [0, 0.05) is 61.4 Å². The van der Waals surface area contributed by atoms with E-state index in [1.54, 1.807) is 6.07 Å². The Hall–Kier alpha value is -3.85. The van der Waals surface area contributed by atoms with Gasteiger partial charge in [-0.15, -0.1) is 0 Å². The van der Waals surface area contributed by atoms with Gasteiger partial charge in [0.05, 0.1) is 12.8 Å². The molecule has 0 bridgehead atoms. The van der Waals surface area contributed by atoms with Crippen molar-refractivity contribution in [1.82, 2.24) is 24.8 Å². The minimum absolute atomic E-state index is 0.0846. The molecule has 1 aromatic carbocycles. The van der Waals surface area contributed by atoms with E-state index in [2.05, 4.69) is 52.2 Å². The molecule has 0 spiro atoms. The highest BCUT2D eigenvalue weighted by Gasteiger charge is 2.32. The Morgan fingerprint density at radius 2 is 1.78 bits per heavy atom. The van der Waals surface area contributed by atoms with Gasteiger partial charge in [-0.05, 0) is 62.1 Å². The number of aromatic nitrogens is 3. The predicted octanol–water partition coefficient (Wildman–Crippen LogP) is 3.64. The molecule has 9 nitrogen and oxygen atoms in total. The molecule has 0 saturated carbocycles. The summed E-state index contributed by atoms with van der Waals surface area (Å²) in [5.74, 6) is -0.0178. The fourth-order valence-corrected chi connectivity index (χ4v) is 5.07. The molecular weight excluding hydrogens is 456 g/mol. The summed E-state index contributed by atoms with van der Waals surface area (Å²) in [7, 11) is 1.30. The zero-order chi connectivity index (χ0) is 25.2. The van der Waals surface area contributed by atoms with Crippen molar-refractivity contribution in [3.05, 3.63) is 76.4 Å². The first-order valence-corrected chi connectivity index (χ1v) is 12.2. The molecule has 3 aromatic rings. The van der Waals surface area contributed by atoms with Crippen molar-refractivity contribution in [2.24, 2.45) is 0 Å². The summed E-state index contributed by atoms with van der Waals surface area (Å²) in [6.45, 7) is 7.09. The Balaban J connectivity index is 1.19. The molecule has 9 heteroatoms. The zero-order valence-electron chi connectivity index (χ0n) is 20.8. The van der Waals surface area contributed by atoms with E-state index in [4.69, 9.17) is 9.72 Å². The van der Waals surface area contributed by atoms with Gasteiger partial charge in [-0.1, -0.05) is 6.07 Å². The molecule has 4 heterocycles. The van der Waals surface area contributed by atoms with Gasteiger partial charge in [-0.3, -0.25) is 9.69 Å². The van der Waals surface area contributed by atoms with Crippen LogP contribution in [0.4, 0.5) is 11.6 Å². The first kappa shape index (κ1) is 23.9. The number of amides is 1. The lowest BCUT2D eigenvalue weighted by Crippen LogP contribution is -2.45. The molecule has 2 aromatic heterocycles. The summed E-state index contributed by atoms with van der Waals surface area (Å²) in [6.07, 6.45) is 5.16. The van der Waals surface area contributed by atoms with E-state index in [9.17, 15) is 9.59 Å². The number of aryl methyl sites for hydroxylation is 2. The molecule has 2 aliphatic heterocycles. The third kappa shape index (κ3) is 5.06. The molecule has 0 radical (unpaired) electrons. The maximum Gasteiger partial charge on any atom is 0.356 e. The van der Waals surface area contributed by atoms with Crippen molar-refractivity contribution in [2.45, 2.75) is 45.8 Å². The topological polar surface area (TPSA) is 101 Å². The Labute approximate surface area is 210 Å². The zero-order valence-corrected chi connectivity index (χ0v) is 20.8. The maximum atomic E-state index is 13.0. The monoisotopic (exact) mass is 486 g/mol. The van der Waals surface area contributed by atoms with Crippen LogP contribution in [0.2, 0.25) is 0 Å². The van der Waals surface area contributed by atoms with Gasteiger partial charge in [0.2, 0.25) is 5.95 Å². The molecule has 1 saturated heterocycles. The number of nitrogens with one attached hydrogen (secondary N) is 1. The average molecular weight is 487 g/mol. The number of methoxy groups -OCH3 is 1. The Bertz CT molecular complexity index is 1280. The standard InChI is InChI=1S/C27H30N6O3/c1-17-10-18(2)12-21(11-17)30-27-29-14-20-15-33(16-24(20)31-27)22-5-8-32(9-6-22)25(34)19-4-7-28-23(13-19)26(35)36-3/h4,7,10-14,22H,5-6,8-9,15-16H2,1-3H3,(H,29,30,31).